The minimum atomic E-state index is -0.137. The number of benzene rings is 4. The highest BCUT2D eigenvalue weighted by Crippen LogP contribution is 2.51. The lowest BCUT2D eigenvalue weighted by molar-refractivity contribution is 0.659. The molecule has 1 heterocycles. The van der Waals surface area contributed by atoms with Crippen molar-refractivity contribution in [3.63, 3.8) is 0 Å². The first kappa shape index (κ1) is 28.2. The Morgan fingerprint density at radius 1 is 0.574 bits per heavy atom. The van der Waals surface area contributed by atoms with Gasteiger partial charge in [0, 0.05) is 39.6 Å². The summed E-state index contributed by atoms with van der Waals surface area (Å²) in [6.45, 7) is 4.80. The number of hydrogen-bond donors (Lipinski definition) is 0. The number of para-hydroxylation sites is 1. The third-order valence-corrected chi connectivity index (χ3v) is 10.8. The molecular weight excluding hydrogens is 569 g/mol. The van der Waals surface area contributed by atoms with E-state index >= 15 is 0 Å². The number of hydrogen-bond acceptors (Lipinski definition) is 1. The lowest BCUT2D eigenvalue weighted by Gasteiger charge is -2.28. The monoisotopic (exact) mass is 608 g/mol. The van der Waals surface area contributed by atoms with E-state index in [0.717, 1.165) is 44.2 Å². The van der Waals surface area contributed by atoms with Crippen LogP contribution in [0.2, 0.25) is 0 Å². The van der Waals surface area contributed by atoms with Gasteiger partial charge >= 0.3 is 0 Å². The van der Waals surface area contributed by atoms with Crippen LogP contribution in [0.15, 0.2) is 121 Å². The Kier molecular flexibility index (Phi) is 6.61. The van der Waals surface area contributed by atoms with Gasteiger partial charge in [0.15, 0.2) is 0 Å². The maximum absolute atomic E-state index is 2.53. The molecule has 0 radical (unpaired) electrons. The van der Waals surface area contributed by atoms with Crippen molar-refractivity contribution in [3.05, 3.63) is 161 Å². The van der Waals surface area contributed by atoms with E-state index in [1.54, 1.807) is 11.1 Å². The average molecular weight is 609 g/mol. The molecule has 9 rings (SSSR count). The minimum absolute atomic E-state index is 0.137. The fourth-order valence-corrected chi connectivity index (χ4v) is 8.39. The molecule has 0 aliphatic heterocycles. The van der Waals surface area contributed by atoms with Gasteiger partial charge in [0.05, 0.1) is 0 Å². The lowest BCUT2D eigenvalue weighted by Crippen LogP contribution is -2.17. The van der Waals surface area contributed by atoms with Crippen molar-refractivity contribution in [3.8, 4) is 16.8 Å². The Balaban J connectivity index is 1.13. The van der Waals surface area contributed by atoms with Gasteiger partial charge in [-0.15, -0.1) is 0 Å². The van der Waals surface area contributed by atoms with Gasteiger partial charge in [0.2, 0.25) is 0 Å². The van der Waals surface area contributed by atoms with Crippen LogP contribution in [0.1, 0.15) is 78.7 Å². The standard InChI is InChI=1S/C45H40N2/c1-45(2)41-29-35(46(33-15-7-4-8-16-33)34-23-21-32(22-24-34)31-13-5-3-6-14-31)25-27-37(41)38-28-26-36(30-42(38)45)47-43-19-11-9-17-39(43)40-18-10-12-20-44(40)47/h4-5,7-8,11-16,19-30H,3,6,9-10,17-18H2,1-2H3. The number of anilines is 3. The van der Waals surface area contributed by atoms with Crippen LogP contribution in [0, 0.1) is 0 Å². The maximum Gasteiger partial charge on any atom is 0.0494 e. The third kappa shape index (κ3) is 4.53. The van der Waals surface area contributed by atoms with E-state index < -0.39 is 0 Å². The Morgan fingerprint density at radius 3 is 1.87 bits per heavy atom. The van der Waals surface area contributed by atoms with Crippen LogP contribution in [0.3, 0.4) is 0 Å². The predicted molar refractivity (Wildman–Crippen MR) is 199 cm³/mol. The number of fused-ring (bicyclic) bond motifs is 6. The molecule has 0 N–H and O–H groups in total. The van der Waals surface area contributed by atoms with Crippen molar-refractivity contribution < 1.29 is 0 Å². The summed E-state index contributed by atoms with van der Waals surface area (Å²) in [6.07, 6.45) is 23.1. The predicted octanol–water partition coefficient (Wildman–Crippen LogP) is 11.9. The van der Waals surface area contributed by atoms with Crippen LogP contribution in [-0.2, 0) is 18.3 Å². The fourth-order valence-electron chi connectivity index (χ4n) is 8.39. The van der Waals surface area contributed by atoms with Crippen molar-refractivity contribution in [2.75, 3.05) is 4.90 Å². The normalized spacial score (nSPS) is 16.7. The van der Waals surface area contributed by atoms with E-state index in [2.05, 4.69) is 157 Å². The Morgan fingerprint density at radius 2 is 1.19 bits per heavy atom. The summed E-state index contributed by atoms with van der Waals surface area (Å²) in [4.78, 5) is 2.40. The third-order valence-electron chi connectivity index (χ3n) is 10.8. The fraction of sp³-hybridized carbons (Fsp3) is 0.200. The molecule has 5 aromatic rings. The molecule has 0 bridgehead atoms. The minimum Gasteiger partial charge on any atom is -0.310 e. The Labute approximate surface area is 278 Å². The summed E-state index contributed by atoms with van der Waals surface area (Å²) in [5.74, 6) is 0. The van der Waals surface area contributed by atoms with Crippen LogP contribution in [-0.4, -0.2) is 4.57 Å². The van der Waals surface area contributed by atoms with Gasteiger partial charge in [-0.25, -0.2) is 0 Å². The summed E-state index contributed by atoms with van der Waals surface area (Å²) in [6, 6.07) is 34.1. The highest BCUT2D eigenvalue weighted by molar-refractivity contribution is 5.87. The maximum atomic E-state index is 2.53. The van der Waals surface area contributed by atoms with Gasteiger partial charge in [0.25, 0.3) is 0 Å². The molecule has 4 aliphatic rings. The first-order valence-electron chi connectivity index (χ1n) is 17.3. The second-order valence-corrected chi connectivity index (χ2v) is 13.9. The SMILES string of the molecule is CC1(C)c2cc(N(c3ccccc3)c3ccc(C4=CCCC=C4)cc3)ccc2-c2ccc(-n3c4c(c5c3C=CCC5)CCC=C4)cc21. The van der Waals surface area contributed by atoms with E-state index in [0.29, 0.717) is 0 Å². The van der Waals surface area contributed by atoms with Gasteiger partial charge < -0.3 is 9.47 Å². The van der Waals surface area contributed by atoms with Crippen molar-refractivity contribution >= 4 is 34.8 Å². The van der Waals surface area contributed by atoms with E-state index in [1.165, 1.54) is 61.8 Å². The largest absolute Gasteiger partial charge is 0.310 e. The van der Waals surface area contributed by atoms with Gasteiger partial charge in [-0.1, -0.05) is 86.7 Å². The van der Waals surface area contributed by atoms with Crippen LogP contribution in [0.25, 0.3) is 34.5 Å². The number of aromatic nitrogens is 1. The topological polar surface area (TPSA) is 8.17 Å². The van der Waals surface area contributed by atoms with Crippen LogP contribution in [0.4, 0.5) is 17.1 Å². The van der Waals surface area contributed by atoms with E-state index in [4.69, 9.17) is 0 Å². The highest BCUT2D eigenvalue weighted by atomic mass is 15.1. The molecule has 0 spiro atoms. The van der Waals surface area contributed by atoms with Gasteiger partial charge in [-0.05, 0) is 144 Å². The average Bonchev–Trinajstić information content (AvgIpc) is 3.58. The molecule has 1 aromatic heterocycles. The Hall–Kier alpha value is -5.08. The molecule has 0 unspecified atom stereocenters. The number of nitrogens with zero attached hydrogens (tertiary/aromatic N) is 2. The molecule has 2 heteroatoms. The van der Waals surface area contributed by atoms with E-state index in [1.807, 2.05) is 0 Å². The molecule has 0 atom stereocenters. The van der Waals surface area contributed by atoms with Crippen molar-refractivity contribution in [2.24, 2.45) is 0 Å². The first-order valence-corrected chi connectivity index (χ1v) is 17.3. The summed E-state index contributed by atoms with van der Waals surface area (Å²) < 4.78 is 2.53. The second-order valence-electron chi connectivity index (χ2n) is 13.9. The molecular formula is C45H40N2. The number of rotatable bonds is 5. The molecule has 2 nitrogen and oxygen atoms in total. The van der Waals surface area contributed by atoms with Gasteiger partial charge in [0.1, 0.15) is 0 Å². The van der Waals surface area contributed by atoms with Crippen LogP contribution < -0.4 is 4.90 Å². The van der Waals surface area contributed by atoms with Crippen LogP contribution >= 0.6 is 0 Å². The summed E-state index contributed by atoms with van der Waals surface area (Å²) in [7, 11) is 0. The molecule has 230 valence electrons. The molecule has 0 saturated carbocycles. The molecule has 0 saturated heterocycles. The smallest absolute Gasteiger partial charge is 0.0494 e. The molecule has 4 aliphatic carbocycles. The molecule has 47 heavy (non-hydrogen) atoms. The second kappa shape index (κ2) is 11.0. The summed E-state index contributed by atoms with van der Waals surface area (Å²) >= 11 is 0. The van der Waals surface area contributed by atoms with Crippen molar-refractivity contribution in [1.82, 2.24) is 4.57 Å². The van der Waals surface area contributed by atoms with Crippen molar-refractivity contribution in [1.29, 1.82) is 0 Å². The van der Waals surface area contributed by atoms with E-state index in [-0.39, 0.29) is 5.41 Å². The Bertz CT molecular complexity index is 2110. The quantitative estimate of drug-likeness (QED) is 0.193. The summed E-state index contributed by atoms with van der Waals surface area (Å²) in [5, 5.41) is 0. The highest BCUT2D eigenvalue weighted by Gasteiger charge is 2.37. The van der Waals surface area contributed by atoms with Crippen LogP contribution in [0.5, 0.6) is 0 Å². The lowest BCUT2D eigenvalue weighted by atomic mass is 9.82. The molecule has 4 aromatic carbocycles. The first-order chi connectivity index (χ1) is 23.1. The van der Waals surface area contributed by atoms with E-state index in [9.17, 15) is 0 Å². The molecule has 0 amide bonds. The van der Waals surface area contributed by atoms with Gasteiger partial charge in [-0.2, -0.15) is 0 Å². The zero-order valence-electron chi connectivity index (χ0n) is 27.3. The molecule has 0 fully saturated rings. The zero-order valence-corrected chi connectivity index (χ0v) is 27.3. The number of allylic oxidation sites excluding steroid dienone is 6. The van der Waals surface area contributed by atoms with Crippen molar-refractivity contribution in [2.45, 2.75) is 57.8 Å². The zero-order chi connectivity index (χ0) is 31.5. The van der Waals surface area contributed by atoms with Gasteiger partial charge in [-0.3, -0.25) is 0 Å². The summed E-state index contributed by atoms with van der Waals surface area (Å²) in [5.41, 5.74) is 18.6.